The van der Waals surface area contributed by atoms with Crippen molar-refractivity contribution in [1.82, 2.24) is 4.98 Å². The largest absolute Gasteiger partial charge is 0.384 e. The van der Waals surface area contributed by atoms with Crippen molar-refractivity contribution in [3.8, 4) is 0 Å². The van der Waals surface area contributed by atoms with E-state index in [1.54, 1.807) is 0 Å². The van der Waals surface area contributed by atoms with Crippen LogP contribution >= 0.6 is 0 Å². The van der Waals surface area contributed by atoms with Crippen LogP contribution in [0.1, 0.15) is 76.8 Å². The standard InChI is InChI=1S/C22H34N2/c1-3-4-5-6-7-8-9-10-11-14-17-23-22-18-19(2)24-21-16-13-12-15-20(21)22/h12-13,15-16,18H,3-11,14,17H2,1-2H3,(H,23,24). The number of hydrogen-bond acceptors (Lipinski definition) is 2. The molecule has 0 spiro atoms. The second kappa shape index (κ2) is 11.1. The van der Waals surface area contributed by atoms with E-state index < -0.39 is 0 Å². The molecule has 1 aromatic carbocycles. The first-order valence-electron chi connectivity index (χ1n) is 9.91. The molecule has 0 atom stereocenters. The van der Waals surface area contributed by atoms with Gasteiger partial charge in [-0.25, -0.2) is 0 Å². The first kappa shape index (κ1) is 18.8. The minimum Gasteiger partial charge on any atom is -0.384 e. The Morgan fingerprint density at radius 2 is 1.46 bits per heavy atom. The number of anilines is 1. The maximum absolute atomic E-state index is 4.60. The van der Waals surface area contributed by atoms with Crippen LogP contribution in [0.2, 0.25) is 0 Å². The Hall–Kier alpha value is -1.57. The molecule has 0 bridgehead atoms. The fourth-order valence-corrected chi connectivity index (χ4v) is 3.29. The highest BCUT2D eigenvalue weighted by molar-refractivity contribution is 5.91. The number of pyridine rings is 1. The lowest BCUT2D eigenvalue weighted by Crippen LogP contribution is -2.03. The Balaban J connectivity index is 1.60. The van der Waals surface area contributed by atoms with Gasteiger partial charge in [0.05, 0.1) is 5.52 Å². The van der Waals surface area contributed by atoms with Gasteiger partial charge >= 0.3 is 0 Å². The molecule has 0 saturated carbocycles. The van der Waals surface area contributed by atoms with Crippen molar-refractivity contribution in [2.45, 2.75) is 78.1 Å². The second-order valence-corrected chi connectivity index (χ2v) is 6.94. The third kappa shape index (κ3) is 6.51. The van der Waals surface area contributed by atoms with Gasteiger partial charge < -0.3 is 5.32 Å². The molecule has 132 valence electrons. The molecule has 2 nitrogen and oxygen atoms in total. The number of fused-ring (bicyclic) bond motifs is 1. The Morgan fingerprint density at radius 1 is 0.833 bits per heavy atom. The average Bonchev–Trinajstić information content (AvgIpc) is 2.59. The van der Waals surface area contributed by atoms with Crippen molar-refractivity contribution < 1.29 is 0 Å². The van der Waals surface area contributed by atoms with Crippen LogP contribution in [0.3, 0.4) is 0 Å². The first-order valence-corrected chi connectivity index (χ1v) is 9.91. The van der Waals surface area contributed by atoms with Gasteiger partial charge in [-0.3, -0.25) is 4.98 Å². The van der Waals surface area contributed by atoms with Gasteiger partial charge in [-0.05, 0) is 25.5 Å². The monoisotopic (exact) mass is 326 g/mol. The minimum absolute atomic E-state index is 1.06. The zero-order valence-corrected chi connectivity index (χ0v) is 15.6. The summed E-state index contributed by atoms with van der Waals surface area (Å²) in [6.07, 6.45) is 13.9. The van der Waals surface area contributed by atoms with Crippen molar-refractivity contribution in [3.05, 3.63) is 36.0 Å². The molecule has 0 radical (unpaired) electrons. The number of aromatic nitrogens is 1. The van der Waals surface area contributed by atoms with Gasteiger partial charge in [0, 0.05) is 23.3 Å². The third-order valence-electron chi connectivity index (χ3n) is 4.69. The summed E-state index contributed by atoms with van der Waals surface area (Å²) in [7, 11) is 0. The molecule has 2 rings (SSSR count). The molecular weight excluding hydrogens is 292 g/mol. The van der Waals surface area contributed by atoms with E-state index in [-0.39, 0.29) is 0 Å². The normalized spacial score (nSPS) is 11.1. The molecule has 1 heterocycles. The maximum atomic E-state index is 4.60. The van der Waals surface area contributed by atoms with E-state index in [1.807, 2.05) is 0 Å². The van der Waals surface area contributed by atoms with Crippen molar-refractivity contribution >= 4 is 16.6 Å². The molecule has 0 unspecified atom stereocenters. The van der Waals surface area contributed by atoms with Crippen molar-refractivity contribution in [3.63, 3.8) is 0 Å². The van der Waals surface area contributed by atoms with Crippen molar-refractivity contribution in [1.29, 1.82) is 0 Å². The lowest BCUT2D eigenvalue weighted by atomic mass is 10.1. The number of hydrogen-bond donors (Lipinski definition) is 1. The Morgan fingerprint density at radius 3 is 2.17 bits per heavy atom. The van der Waals surface area contributed by atoms with E-state index in [4.69, 9.17) is 0 Å². The summed E-state index contributed by atoms with van der Waals surface area (Å²) in [4.78, 5) is 4.60. The van der Waals surface area contributed by atoms with Gasteiger partial charge in [0.2, 0.25) is 0 Å². The van der Waals surface area contributed by atoms with E-state index in [0.717, 1.165) is 17.8 Å². The van der Waals surface area contributed by atoms with Crippen LogP contribution in [0.4, 0.5) is 5.69 Å². The Bertz CT molecular complexity index is 592. The minimum atomic E-state index is 1.06. The molecule has 1 aromatic heterocycles. The summed E-state index contributed by atoms with van der Waals surface area (Å²) < 4.78 is 0. The van der Waals surface area contributed by atoms with E-state index >= 15 is 0 Å². The maximum Gasteiger partial charge on any atom is 0.0725 e. The molecule has 0 aliphatic heterocycles. The summed E-state index contributed by atoms with van der Waals surface area (Å²) in [5.41, 5.74) is 3.40. The molecule has 0 saturated heterocycles. The van der Waals surface area contributed by atoms with Crippen LogP contribution in [0.25, 0.3) is 10.9 Å². The van der Waals surface area contributed by atoms with Crippen molar-refractivity contribution in [2.75, 3.05) is 11.9 Å². The molecule has 0 aliphatic rings. The van der Waals surface area contributed by atoms with Gasteiger partial charge in [0.1, 0.15) is 0 Å². The highest BCUT2D eigenvalue weighted by atomic mass is 14.9. The lowest BCUT2D eigenvalue weighted by Gasteiger charge is -2.10. The van der Waals surface area contributed by atoms with Gasteiger partial charge in [0.25, 0.3) is 0 Å². The molecular formula is C22H34N2. The highest BCUT2D eigenvalue weighted by Crippen LogP contribution is 2.23. The fourth-order valence-electron chi connectivity index (χ4n) is 3.29. The van der Waals surface area contributed by atoms with Gasteiger partial charge in [0.15, 0.2) is 0 Å². The smallest absolute Gasteiger partial charge is 0.0725 e. The van der Waals surface area contributed by atoms with E-state index in [1.165, 1.54) is 75.3 Å². The number of nitrogens with one attached hydrogen (secondary N) is 1. The summed E-state index contributed by atoms with van der Waals surface area (Å²) in [5, 5.41) is 4.85. The average molecular weight is 327 g/mol. The summed E-state index contributed by atoms with van der Waals surface area (Å²) in [6.45, 7) is 5.41. The molecule has 0 fully saturated rings. The number of nitrogens with zero attached hydrogens (tertiary/aromatic N) is 1. The van der Waals surface area contributed by atoms with E-state index in [9.17, 15) is 0 Å². The number of para-hydroxylation sites is 1. The molecule has 24 heavy (non-hydrogen) atoms. The number of unbranched alkanes of at least 4 members (excludes halogenated alkanes) is 9. The number of benzene rings is 1. The van der Waals surface area contributed by atoms with E-state index in [0.29, 0.717) is 0 Å². The van der Waals surface area contributed by atoms with Crippen LogP contribution < -0.4 is 5.32 Å². The van der Waals surface area contributed by atoms with Crippen LogP contribution in [0, 0.1) is 6.92 Å². The predicted molar refractivity (Wildman–Crippen MR) is 107 cm³/mol. The molecule has 2 heteroatoms. The topological polar surface area (TPSA) is 24.9 Å². The van der Waals surface area contributed by atoms with E-state index in [2.05, 4.69) is 54.5 Å². The van der Waals surface area contributed by atoms with Gasteiger partial charge in [-0.15, -0.1) is 0 Å². The van der Waals surface area contributed by atoms with Gasteiger partial charge in [-0.1, -0.05) is 82.9 Å². The van der Waals surface area contributed by atoms with Crippen LogP contribution in [0.15, 0.2) is 30.3 Å². The highest BCUT2D eigenvalue weighted by Gasteiger charge is 2.02. The predicted octanol–water partition coefficient (Wildman–Crippen LogP) is 6.88. The lowest BCUT2D eigenvalue weighted by molar-refractivity contribution is 0.560. The first-order chi connectivity index (χ1) is 11.8. The van der Waals surface area contributed by atoms with Crippen LogP contribution in [-0.4, -0.2) is 11.5 Å². The summed E-state index contributed by atoms with van der Waals surface area (Å²) in [6, 6.07) is 10.6. The Labute approximate surface area is 148 Å². The van der Waals surface area contributed by atoms with Gasteiger partial charge in [-0.2, -0.15) is 0 Å². The van der Waals surface area contributed by atoms with Crippen molar-refractivity contribution in [2.24, 2.45) is 0 Å². The molecule has 2 aromatic rings. The number of aryl methyl sites for hydroxylation is 1. The summed E-state index contributed by atoms with van der Waals surface area (Å²) in [5.74, 6) is 0. The quantitative estimate of drug-likeness (QED) is 0.430. The third-order valence-corrected chi connectivity index (χ3v) is 4.69. The second-order valence-electron chi connectivity index (χ2n) is 6.94. The number of rotatable bonds is 12. The SMILES string of the molecule is CCCCCCCCCCCCNc1cc(C)nc2ccccc12. The zero-order valence-electron chi connectivity index (χ0n) is 15.6. The molecule has 0 amide bonds. The van der Waals surface area contributed by atoms with Crippen LogP contribution in [-0.2, 0) is 0 Å². The molecule has 0 aliphatic carbocycles. The Kier molecular flexibility index (Phi) is 8.65. The zero-order chi connectivity index (χ0) is 17.0. The molecule has 1 N–H and O–H groups in total. The van der Waals surface area contributed by atoms with Crippen LogP contribution in [0.5, 0.6) is 0 Å². The summed E-state index contributed by atoms with van der Waals surface area (Å²) >= 11 is 0. The fraction of sp³-hybridized carbons (Fsp3) is 0.591.